The third-order valence-electron chi connectivity index (χ3n) is 3.12. The van der Waals surface area contributed by atoms with Gasteiger partial charge in [-0.25, -0.2) is 19.6 Å². The highest BCUT2D eigenvalue weighted by atomic mass is 32.2. The molecule has 2 unspecified atom stereocenters. The van der Waals surface area contributed by atoms with Gasteiger partial charge in [-0.3, -0.25) is 0 Å². The Hall–Kier alpha value is -2.65. The van der Waals surface area contributed by atoms with E-state index in [0.29, 0.717) is 0 Å². The minimum absolute atomic E-state index is 0.286. The van der Waals surface area contributed by atoms with Crippen LogP contribution < -0.4 is 15.3 Å². The molecule has 6 N–H and O–H groups in total. The Kier molecular flexibility index (Phi) is 5.83. The van der Waals surface area contributed by atoms with Gasteiger partial charge in [0.15, 0.2) is 11.4 Å². The van der Waals surface area contributed by atoms with Gasteiger partial charge in [0.2, 0.25) is 5.69 Å². The van der Waals surface area contributed by atoms with E-state index >= 15 is 0 Å². The van der Waals surface area contributed by atoms with Gasteiger partial charge in [-0.2, -0.15) is 24.0 Å². The van der Waals surface area contributed by atoms with Crippen molar-refractivity contribution >= 4 is 27.6 Å². The van der Waals surface area contributed by atoms with E-state index in [9.17, 15) is 28.3 Å². The molecule has 0 saturated heterocycles. The average molecular weight is 388 g/mol. The summed E-state index contributed by atoms with van der Waals surface area (Å²) in [5.41, 5.74) is -1.46. The van der Waals surface area contributed by atoms with Crippen molar-refractivity contribution in [2.24, 2.45) is 5.10 Å². The summed E-state index contributed by atoms with van der Waals surface area (Å²) in [6.07, 6.45) is 0.745. The Morgan fingerprint density at radius 1 is 1.12 bits per heavy atom. The molecule has 0 aliphatic rings. The summed E-state index contributed by atoms with van der Waals surface area (Å²) in [7, 11) is -4.14. The van der Waals surface area contributed by atoms with Crippen molar-refractivity contribution < 1.29 is 38.8 Å². The van der Waals surface area contributed by atoms with E-state index in [1.54, 1.807) is 4.83 Å². The fourth-order valence-electron chi connectivity index (χ4n) is 1.87. The van der Waals surface area contributed by atoms with Gasteiger partial charge in [-0.05, 0) is 24.3 Å². The molecule has 0 aromatic heterocycles. The predicted molar refractivity (Wildman–Crippen MR) is 84.0 cm³/mol. The Morgan fingerprint density at radius 3 is 2.27 bits per heavy atom. The fraction of sp³-hybridized carbons (Fsp3) is 0. The van der Waals surface area contributed by atoms with Gasteiger partial charge in [0.25, 0.3) is 10.0 Å². The monoisotopic (exact) mass is 388 g/mol. The van der Waals surface area contributed by atoms with Crippen LogP contribution in [0.4, 0.5) is 15.8 Å². The zero-order valence-electron chi connectivity index (χ0n) is 12.7. The topological polar surface area (TPSA) is 174 Å². The molecule has 2 aromatic rings. The van der Waals surface area contributed by atoms with Crippen LogP contribution in [0.5, 0.6) is 5.75 Å². The minimum Gasteiger partial charge on any atom is -0.595 e. The summed E-state index contributed by atoms with van der Waals surface area (Å²) in [5, 5.41) is 50.2. The van der Waals surface area contributed by atoms with Crippen LogP contribution >= 0.6 is 0 Å². The third kappa shape index (κ3) is 4.50. The molecular formula is C13H13FN4O7S. The molecule has 13 heteroatoms. The van der Waals surface area contributed by atoms with E-state index in [1.165, 1.54) is 0 Å². The molecule has 0 amide bonds. The number of hydrazone groups is 1. The first-order valence-electron chi connectivity index (χ1n) is 6.76. The number of halogens is 1. The number of sulfonamides is 1. The molecule has 0 aliphatic carbocycles. The fourth-order valence-corrected chi connectivity index (χ4v) is 2.66. The Bertz CT molecular complexity index is 917. The van der Waals surface area contributed by atoms with E-state index in [2.05, 4.69) is 5.10 Å². The summed E-state index contributed by atoms with van der Waals surface area (Å²) in [4.78, 5) is 1.49. The molecule has 0 heterocycles. The number of benzene rings is 2. The summed E-state index contributed by atoms with van der Waals surface area (Å²) < 4.78 is 36.8. The number of phenols is 1. The zero-order chi connectivity index (χ0) is 19.5. The molecule has 0 spiro atoms. The zero-order valence-corrected chi connectivity index (χ0v) is 13.6. The van der Waals surface area contributed by atoms with Crippen LogP contribution in [0.25, 0.3) is 0 Å². The van der Waals surface area contributed by atoms with Gasteiger partial charge in [-0.1, -0.05) is 0 Å². The standard InChI is InChI=1S/C13H13FN4O7S/c14-9-1-3-11(4-2-9)26(24,25)16-15-7-8-5-10(17(20)21)6-12(13(8)19)18(22)23/h1-7,16-20,22H/b15-7-. The van der Waals surface area contributed by atoms with Crippen LogP contribution in [0.1, 0.15) is 5.56 Å². The van der Waals surface area contributed by atoms with Crippen molar-refractivity contribution in [3.63, 3.8) is 0 Å². The second kappa shape index (κ2) is 7.71. The first-order chi connectivity index (χ1) is 12.1. The second-order valence-corrected chi connectivity index (χ2v) is 6.54. The van der Waals surface area contributed by atoms with E-state index in [4.69, 9.17) is 10.4 Å². The van der Waals surface area contributed by atoms with Gasteiger partial charge in [0, 0.05) is 11.6 Å². The molecule has 0 bridgehead atoms. The summed E-state index contributed by atoms with van der Waals surface area (Å²) in [6, 6.07) is 5.52. The summed E-state index contributed by atoms with van der Waals surface area (Å²) in [5.74, 6) is -1.42. The Morgan fingerprint density at radius 2 is 1.73 bits per heavy atom. The minimum atomic E-state index is -4.14. The molecule has 2 aromatic carbocycles. The molecular weight excluding hydrogens is 375 g/mol. The molecule has 0 radical (unpaired) electrons. The molecule has 2 atom stereocenters. The number of hydrogen-bond donors (Lipinski definition) is 6. The molecule has 0 aliphatic heterocycles. The lowest BCUT2D eigenvalue weighted by Gasteiger charge is -2.17. The van der Waals surface area contributed by atoms with E-state index in [-0.39, 0.29) is 10.5 Å². The molecule has 11 nitrogen and oxygen atoms in total. The van der Waals surface area contributed by atoms with Crippen molar-refractivity contribution in [3.8, 4) is 5.75 Å². The van der Waals surface area contributed by atoms with Gasteiger partial charge in [0.05, 0.1) is 17.2 Å². The molecule has 0 fully saturated rings. The average Bonchev–Trinajstić information content (AvgIpc) is 2.56. The maximum absolute atomic E-state index is 12.8. The number of rotatable bonds is 6. The highest BCUT2D eigenvalue weighted by Gasteiger charge is 2.18. The van der Waals surface area contributed by atoms with Crippen molar-refractivity contribution in [1.82, 2.24) is 4.83 Å². The van der Waals surface area contributed by atoms with Crippen LogP contribution in [-0.4, -0.2) is 30.2 Å². The van der Waals surface area contributed by atoms with Crippen LogP contribution in [0.15, 0.2) is 46.4 Å². The summed E-state index contributed by atoms with van der Waals surface area (Å²) >= 11 is 0. The molecule has 0 saturated carbocycles. The first kappa shape index (κ1) is 19.7. The van der Waals surface area contributed by atoms with Gasteiger partial charge in [-0.15, -0.1) is 0 Å². The smallest absolute Gasteiger partial charge is 0.276 e. The van der Waals surface area contributed by atoms with Crippen molar-refractivity contribution in [2.45, 2.75) is 4.90 Å². The highest BCUT2D eigenvalue weighted by molar-refractivity contribution is 7.89. The van der Waals surface area contributed by atoms with Gasteiger partial charge < -0.3 is 15.5 Å². The molecule has 26 heavy (non-hydrogen) atoms. The van der Waals surface area contributed by atoms with Crippen LogP contribution in [0, 0.1) is 16.2 Å². The maximum atomic E-state index is 12.8. The van der Waals surface area contributed by atoms with Gasteiger partial charge in [0.1, 0.15) is 5.82 Å². The van der Waals surface area contributed by atoms with Crippen LogP contribution in [-0.2, 0) is 10.0 Å². The third-order valence-corrected chi connectivity index (χ3v) is 4.36. The van der Waals surface area contributed by atoms with Gasteiger partial charge >= 0.3 is 0 Å². The second-order valence-electron chi connectivity index (χ2n) is 4.88. The SMILES string of the molecule is O=S(=O)(N/N=C\c1cc([NH+]([O-])O)cc([NH+]([O-])O)c1O)c1ccc(F)cc1. The van der Waals surface area contributed by atoms with Crippen LogP contribution in [0.3, 0.4) is 0 Å². The van der Waals surface area contributed by atoms with E-state index in [1.807, 2.05) is 0 Å². The summed E-state index contributed by atoms with van der Waals surface area (Å²) in [6.45, 7) is 0. The lowest BCUT2D eigenvalue weighted by Crippen LogP contribution is -3.00. The van der Waals surface area contributed by atoms with Crippen molar-refractivity contribution in [2.75, 3.05) is 0 Å². The lowest BCUT2D eigenvalue weighted by atomic mass is 10.1. The number of nitrogens with zero attached hydrogens (tertiary/aromatic N) is 1. The lowest BCUT2D eigenvalue weighted by molar-refractivity contribution is -0.996. The van der Waals surface area contributed by atoms with Crippen molar-refractivity contribution in [3.05, 3.63) is 58.2 Å². The predicted octanol–water partition coefficient (Wildman–Crippen LogP) is -1.35. The maximum Gasteiger partial charge on any atom is 0.276 e. The largest absolute Gasteiger partial charge is 0.595 e. The molecule has 2 rings (SSSR count). The first-order valence-corrected chi connectivity index (χ1v) is 8.24. The number of aromatic hydroxyl groups is 1. The normalized spacial score (nSPS) is 14.3. The van der Waals surface area contributed by atoms with E-state index in [0.717, 1.165) is 42.6 Å². The molecule has 140 valence electrons. The quantitative estimate of drug-likeness (QED) is 0.153. The number of quaternary nitrogens is 2. The van der Waals surface area contributed by atoms with E-state index < -0.39 is 43.4 Å². The van der Waals surface area contributed by atoms with Crippen molar-refractivity contribution in [1.29, 1.82) is 0 Å². The van der Waals surface area contributed by atoms with Crippen LogP contribution in [0.2, 0.25) is 0 Å². The number of phenolic OH excluding ortho intramolecular Hbond substituents is 1. The highest BCUT2D eigenvalue weighted by Crippen LogP contribution is 2.26. The Labute approximate surface area is 146 Å². The number of hydrogen-bond acceptors (Lipinski definition) is 8. The Balaban J connectivity index is 2.31. The number of nitrogens with one attached hydrogen (secondary N) is 3.